The van der Waals surface area contributed by atoms with Gasteiger partial charge >= 0.3 is 0 Å². The molecule has 0 atom stereocenters. The van der Waals surface area contributed by atoms with Crippen molar-refractivity contribution in [2.24, 2.45) is 0 Å². The number of carbonyl (C=O) groups is 2. The topological polar surface area (TPSA) is 84.0 Å². The van der Waals surface area contributed by atoms with Gasteiger partial charge in [0.2, 0.25) is 11.0 Å². The highest BCUT2D eigenvalue weighted by Gasteiger charge is 2.15. The molecule has 0 aliphatic heterocycles. The average molecular weight is 346 g/mol. The van der Waals surface area contributed by atoms with Crippen molar-refractivity contribution in [3.63, 3.8) is 0 Å². The first-order valence-electron chi connectivity index (χ1n) is 6.28. The van der Waals surface area contributed by atoms with E-state index in [1.165, 1.54) is 11.3 Å². The molecule has 0 aromatic carbocycles. The van der Waals surface area contributed by atoms with Crippen LogP contribution in [0.15, 0.2) is 16.8 Å². The molecule has 2 amide bonds. The third-order valence-electron chi connectivity index (χ3n) is 2.52. The summed E-state index contributed by atoms with van der Waals surface area (Å²) in [5.74, 6) is -0.547. The number of aromatic nitrogens is 2. The van der Waals surface area contributed by atoms with Crippen LogP contribution >= 0.6 is 22.7 Å². The number of anilines is 1. The minimum absolute atomic E-state index is 0.0441. The van der Waals surface area contributed by atoms with Crippen LogP contribution in [0.1, 0.15) is 34.6 Å². The summed E-state index contributed by atoms with van der Waals surface area (Å²) >= 11 is 2.07. The summed E-state index contributed by atoms with van der Waals surface area (Å²) in [7, 11) is 0. The van der Waals surface area contributed by atoms with Gasteiger partial charge in [-0.15, -0.1) is 10.2 Å². The molecule has 2 rings (SSSR count). The van der Waals surface area contributed by atoms with E-state index in [0.717, 1.165) is 0 Å². The summed E-state index contributed by atoms with van der Waals surface area (Å²) in [5.41, 5.74) is 0.586. The average Bonchev–Trinajstić information content (AvgIpc) is 3.14. The Morgan fingerprint density at radius 3 is 2.77 bits per heavy atom. The van der Waals surface area contributed by atoms with Gasteiger partial charge in [-0.3, -0.25) is 9.59 Å². The Labute approximate surface area is 132 Å². The predicted octanol–water partition coefficient (Wildman–Crippen LogP) is 2.69. The van der Waals surface area contributed by atoms with Crippen molar-refractivity contribution in [3.8, 4) is 0 Å². The molecule has 0 spiro atoms. The summed E-state index contributed by atoms with van der Waals surface area (Å²) in [4.78, 5) is 23.2. The second-order valence-electron chi connectivity index (χ2n) is 4.17. The summed E-state index contributed by atoms with van der Waals surface area (Å²) in [5, 5.41) is 15.0. The zero-order chi connectivity index (χ0) is 15.9. The maximum Gasteiger partial charge on any atom is 0.291 e. The smallest absolute Gasteiger partial charge is 0.291 e. The number of halogens is 2. The first-order valence-corrected chi connectivity index (χ1v) is 8.04. The molecule has 0 bridgehead atoms. The molecule has 10 heteroatoms. The maximum atomic E-state index is 12.3. The molecule has 2 aromatic heterocycles. The number of hydrogen-bond donors (Lipinski definition) is 2. The lowest BCUT2D eigenvalue weighted by Gasteiger charge is -2.03. The van der Waals surface area contributed by atoms with Gasteiger partial charge in [0.1, 0.15) is 0 Å². The SMILES string of the molecule is O=C(CCCNC(=O)c1ccsc1)Nc1nnc(C(F)F)s1. The number of rotatable bonds is 7. The van der Waals surface area contributed by atoms with Gasteiger partial charge in [-0.05, 0) is 17.9 Å². The molecule has 0 saturated carbocycles. The van der Waals surface area contributed by atoms with Crippen molar-refractivity contribution in [1.29, 1.82) is 0 Å². The summed E-state index contributed by atoms with van der Waals surface area (Å²) in [6, 6.07) is 1.71. The lowest BCUT2D eigenvalue weighted by atomic mass is 10.2. The Balaban J connectivity index is 1.66. The van der Waals surface area contributed by atoms with Crippen molar-refractivity contribution in [3.05, 3.63) is 27.4 Å². The van der Waals surface area contributed by atoms with Gasteiger partial charge in [-0.1, -0.05) is 11.3 Å². The Morgan fingerprint density at radius 2 is 2.14 bits per heavy atom. The van der Waals surface area contributed by atoms with Crippen molar-refractivity contribution in [2.45, 2.75) is 19.3 Å². The number of thiophene rings is 1. The minimum atomic E-state index is -2.70. The van der Waals surface area contributed by atoms with Gasteiger partial charge in [-0.2, -0.15) is 11.3 Å². The normalized spacial score (nSPS) is 10.7. The van der Waals surface area contributed by atoms with E-state index in [9.17, 15) is 18.4 Å². The van der Waals surface area contributed by atoms with Crippen LogP contribution in [0.3, 0.4) is 0 Å². The first-order chi connectivity index (χ1) is 10.6. The molecular formula is C12H12F2N4O2S2. The highest BCUT2D eigenvalue weighted by Crippen LogP contribution is 2.25. The number of nitrogens with one attached hydrogen (secondary N) is 2. The molecule has 118 valence electrons. The summed E-state index contributed by atoms with van der Waals surface area (Å²) in [6.45, 7) is 0.348. The van der Waals surface area contributed by atoms with Crippen LogP contribution in [0.25, 0.3) is 0 Å². The van der Waals surface area contributed by atoms with E-state index >= 15 is 0 Å². The van der Waals surface area contributed by atoms with E-state index < -0.39 is 11.4 Å². The van der Waals surface area contributed by atoms with Gasteiger partial charge in [-0.25, -0.2) is 8.78 Å². The Bertz CT molecular complexity index is 631. The third-order valence-corrected chi connectivity index (χ3v) is 4.05. The Morgan fingerprint density at radius 1 is 1.32 bits per heavy atom. The molecule has 0 unspecified atom stereocenters. The zero-order valence-electron chi connectivity index (χ0n) is 11.2. The molecular weight excluding hydrogens is 334 g/mol. The number of carbonyl (C=O) groups excluding carboxylic acids is 2. The molecule has 0 aliphatic rings. The molecule has 0 saturated heterocycles. The maximum absolute atomic E-state index is 12.3. The lowest BCUT2D eigenvalue weighted by Crippen LogP contribution is -2.25. The van der Waals surface area contributed by atoms with E-state index in [2.05, 4.69) is 20.8 Å². The van der Waals surface area contributed by atoms with Crippen LogP contribution in [0, 0.1) is 0 Å². The number of hydrogen-bond acceptors (Lipinski definition) is 6. The summed E-state index contributed by atoms with van der Waals surface area (Å²) < 4.78 is 24.6. The largest absolute Gasteiger partial charge is 0.352 e. The van der Waals surface area contributed by atoms with Gasteiger partial charge < -0.3 is 10.6 Å². The van der Waals surface area contributed by atoms with Crippen LogP contribution in [0.5, 0.6) is 0 Å². The Kier molecular flexibility index (Phi) is 5.90. The van der Waals surface area contributed by atoms with Crippen LogP contribution in [0.2, 0.25) is 0 Å². The monoisotopic (exact) mass is 346 g/mol. The van der Waals surface area contributed by atoms with Gasteiger partial charge in [0.15, 0.2) is 5.01 Å². The van der Waals surface area contributed by atoms with Crippen LogP contribution in [-0.4, -0.2) is 28.6 Å². The van der Waals surface area contributed by atoms with Gasteiger partial charge in [0, 0.05) is 23.9 Å². The molecule has 6 nitrogen and oxygen atoms in total. The van der Waals surface area contributed by atoms with E-state index in [4.69, 9.17) is 0 Å². The minimum Gasteiger partial charge on any atom is -0.352 e. The van der Waals surface area contributed by atoms with Crippen molar-refractivity contribution < 1.29 is 18.4 Å². The molecule has 22 heavy (non-hydrogen) atoms. The number of nitrogens with zero attached hydrogens (tertiary/aromatic N) is 2. The quantitative estimate of drug-likeness (QED) is 0.755. The lowest BCUT2D eigenvalue weighted by molar-refractivity contribution is -0.116. The molecule has 0 aliphatic carbocycles. The molecule has 2 aromatic rings. The van der Waals surface area contributed by atoms with Gasteiger partial charge in [0.05, 0.1) is 0 Å². The van der Waals surface area contributed by atoms with E-state index in [1.54, 1.807) is 16.8 Å². The standard InChI is InChI=1S/C12H12F2N4O2S2/c13-9(14)11-17-18-12(22-11)16-8(19)2-1-4-15-10(20)7-3-5-21-6-7/h3,5-6,9H,1-2,4H2,(H,15,20)(H,16,18,19). The highest BCUT2D eigenvalue weighted by molar-refractivity contribution is 7.15. The fourth-order valence-electron chi connectivity index (χ4n) is 1.50. The van der Waals surface area contributed by atoms with E-state index in [1.807, 2.05) is 0 Å². The number of amides is 2. The van der Waals surface area contributed by atoms with Gasteiger partial charge in [0.25, 0.3) is 12.3 Å². The van der Waals surface area contributed by atoms with Crippen LogP contribution in [0.4, 0.5) is 13.9 Å². The Hall–Kier alpha value is -1.94. The second kappa shape index (κ2) is 7.90. The highest BCUT2D eigenvalue weighted by atomic mass is 32.1. The summed E-state index contributed by atoms with van der Waals surface area (Å²) in [6.07, 6.45) is -2.12. The van der Waals surface area contributed by atoms with Crippen LogP contribution < -0.4 is 10.6 Å². The zero-order valence-corrected chi connectivity index (χ0v) is 12.8. The molecule has 2 heterocycles. The van der Waals surface area contributed by atoms with Crippen molar-refractivity contribution in [2.75, 3.05) is 11.9 Å². The molecule has 0 radical (unpaired) electrons. The van der Waals surface area contributed by atoms with Crippen LogP contribution in [-0.2, 0) is 4.79 Å². The van der Waals surface area contributed by atoms with Crippen molar-refractivity contribution in [1.82, 2.24) is 15.5 Å². The third kappa shape index (κ3) is 4.81. The molecule has 0 fully saturated rings. The van der Waals surface area contributed by atoms with E-state index in [0.29, 0.717) is 29.9 Å². The second-order valence-corrected chi connectivity index (χ2v) is 5.95. The molecule has 2 N–H and O–H groups in total. The van der Waals surface area contributed by atoms with Crippen molar-refractivity contribution >= 4 is 39.6 Å². The fourth-order valence-corrected chi connectivity index (χ4v) is 2.75. The predicted molar refractivity (Wildman–Crippen MR) is 79.4 cm³/mol. The number of alkyl halides is 2. The van der Waals surface area contributed by atoms with E-state index in [-0.39, 0.29) is 23.4 Å². The fraction of sp³-hybridized carbons (Fsp3) is 0.333. The first kappa shape index (κ1) is 16.4.